The van der Waals surface area contributed by atoms with Crippen molar-refractivity contribution in [1.29, 1.82) is 0 Å². The van der Waals surface area contributed by atoms with Crippen molar-refractivity contribution in [3.63, 3.8) is 0 Å². The van der Waals surface area contributed by atoms with Gasteiger partial charge in [-0.2, -0.15) is 0 Å². The summed E-state index contributed by atoms with van der Waals surface area (Å²) in [6.45, 7) is 16.5. The zero-order valence-corrected chi connectivity index (χ0v) is 45.1. The van der Waals surface area contributed by atoms with E-state index in [1.807, 2.05) is 6.07 Å². The smallest absolute Gasteiger partial charge is 0.338 e. The average molecular weight is 1060 g/mol. The molecular formula is C55H63N5O13Si2. The van der Waals surface area contributed by atoms with Gasteiger partial charge in [-0.3, -0.25) is 9.36 Å². The fourth-order valence-corrected chi connectivity index (χ4v) is 21.3. The van der Waals surface area contributed by atoms with Crippen LogP contribution in [0.2, 0.25) is 22.2 Å². The molecule has 6 aromatic rings. The number of carbonyl (C=O) groups excluding carboxylic acids is 4. The first kappa shape index (κ1) is 53.3. The summed E-state index contributed by atoms with van der Waals surface area (Å²) >= 11 is 0. The number of hydrogen-bond donors (Lipinski definition) is 1. The molecule has 5 heterocycles. The predicted molar refractivity (Wildman–Crippen MR) is 279 cm³/mol. The number of rotatable bonds is 16. The molecule has 0 radical (unpaired) electrons. The SMILES string of the molecule is CC(C)[Si]1(C(C)C)OC[C@H]2O[C@@H](n3cnc4c(NC(=O)c5ccccc5)ncnc43)[C@H](O[C@@H]3O[C@H](COC(=O)c4ccccc4)[C@@H](OC(=O)c4ccccc4)[C@H]3OC(=O)c3ccccc3)[C@@H]2O[Si](C(C)C)(C(C)C)O1. The molecule has 2 aromatic heterocycles. The Morgan fingerprint density at radius 1 is 0.627 bits per heavy atom. The maximum atomic E-state index is 14.3. The van der Waals surface area contributed by atoms with Crippen LogP contribution in [-0.4, -0.2) is 117 Å². The van der Waals surface area contributed by atoms with Gasteiger partial charge in [-0.15, -0.1) is 0 Å². The van der Waals surface area contributed by atoms with Crippen molar-refractivity contribution >= 4 is 57.9 Å². The highest BCUT2D eigenvalue weighted by atomic mass is 28.5. The first-order chi connectivity index (χ1) is 36.1. The fourth-order valence-electron chi connectivity index (χ4n) is 10.1. The molecular weight excluding hydrogens is 995 g/mol. The molecule has 75 heavy (non-hydrogen) atoms. The summed E-state index contributed by atoms with van der Waals surface area (Å²) in [6.07, 6.45) is -6.84. The van der Waals surface area contributed by atoms with Crippen molar-refractivity contribution in [1.82, 2.24) is 19.5 Å². The number of nitrogens with zero attached hydrogens (tertiary/aromatic N) is 4. The second-order valence-electron chi connectivity index (χ2n) is 20.1. The van der Waals surface area contributed by atoms with Gasteiger partial charge < -0.3 is 46.7 Å². The van der Waals surface area contributed by atoms with Gasteiger partial charge in [0.05, 0.1) is 29.6 Å². The summed E-state index contributed by atoms with van der Waals surface area (Å²) in [5.74, 6) is -2.43. The Kier molecular flexibility index (Phi) is 16.2. The Balaban J connectivity index is 1.16. The minimum Gasteiger partial charge on any atom is -0.459 e. The van der Waals surface area contributed by atoms with Crippen LogP contribution in [0.4, 0.5) is 5.82 Å². The highest BCUT2D eigenvalue weighted by Gasteiger charge is 2.63. The minimum atomic E-state index is -3.40. The lowest BCUT2D eigenvalue weighted by molar-refractivity contribution is -0.219. The van der Waals surface area contributed by atoms with E-state index in [2.05, 4.69) is 70.7 Å². The number of imidazole rings is 1. The molecule has 3 aliphatic rings. The van der Waals surface area contributed by atoms with Gasteiger partial charge in [0.2, 0.25) is 0 Å². The summed E-state index contributed by atoms with van der Waals surface area (Å²) in [4.78, 5) is 69.1. The first-order valence-corrected chi connectivity index (χ1v) is 29.3. The molecule has 0 bridgehead atoms. The van der Waals surface area contributed by atoms with Gasteiger partial charge in [0.1, 0.15) is 37.4 Å². The van der Waals surface area contributed by atoms with E-state index in [9.17, 15) is 19.2 Å². The van der Waals surface area contributed by atoms with Gasteiger partial charge in [0.25, 0.3) is 5.91 Å². The third-order valence-electron chi connectivity index (χ3n) is 14.0. The van der Waals surface area contributed by atoms with Crippen molar-refractivity contribution in [3.05, 3.63) is 156 Å². The maximum Gasteiger partial charge on any atom is 0.338 e. The van der Waals surface area contributed by atoms with Crippen LogP contribution in [0, 0.1) is 0 Å². The third kappa shape index (κ3) is 11.0. The molecule has 8 atom stereocenters. The van der Waals surface area contributed by atoms with Crippen LogP contribution in [0.25, 0.3) is 11.2 Å². The molecule has 4 aromatic carbocycles. The summed E-state index contributed by atoms with van der Waals surface area (Å²) in [5, 5.41) is 2.88. The molecule has 3 aliphatic heterocycles. The number of amides is 1. The molecule has 18 nitrogen and oxygen atoms in total. The van der Waals surface area contributed by atoms with Crippen LogP contribution >= 0.6 is 0 Å². The van der Waals surface area contributed by atoms with Gasteiger partial charge >= 0.3 is 35.0 Å². The van der Waals surface area contributed by atoms with E-state index in [-0.39, 0.29) is 62.4 Å². The van der Waals surface area contributed by atoms with Crippen LogP contribution < -0.4 is 5.32 Å². The Labute approximate surface area is 437 Å². The van der Waals surface area contributed by atoms with E-state index in [1.165, 1.54) is 12.7 Å². The number of carbonyl (C=O) groups is 4. The Morgan fingerprint density at radius 3 is 1.69 bits per heavy atom. The lowest BCUT2D eigenvalue weighted by atomic mass is 10.1. The standard InChI is InChI=1S/C55H63N5O13Si2/c1-33(2)74(34(3)4)66-30-42-45(72-75(73-74,35(5)6)36(7)8)46(51(67-42)60-32-58-43-48(56-31-57-49(43)60)59-50(61)37-21-13-9-14-22-37)71-55-47(70-54(64)40-27-19-12-20-28-40)44(69-53(63)39-25-17-11-18-26-39)41(68-55)29-65-52(62)38-23-15-10-16-24-38/h9-28,31-36,41-42,44-47,51,55H,29-30H2,1-8H3,(H,56,57,59,61)/t41-,42-,44-,45-,46-,47-,51-,55+/m1/s1. The van der Waals surface area contributed by atoms with E-state index in [0.717, 1.165) is 0 Å². The van der Waals surface area contributed by atoms with Crippen molar-refractivity contribution in [3.8, 4) is 0 Å². The van der Waals surface area contributed by atoms with E-state index in [4.69, 9.17) is 46.4 Å². The first-order valence-electron chi connectivity index (χ1n) is 25.4. The highest BCUT2D eigenvalue weighted by Crippen LogP contribution is 2.50. The molecule has 0 unspecified atom stereocenters. The van der Waals surface area contributed by atoms with Crippen LogP contribution in [0.3, 0.4) is 0 Å². The normalized spacial score (nSPS) is 24.2. The van der Waals surface area contributed by atoms with Gasteiger partial charge in [-0.05, 0) is 70.7 Å². The van der Waals surface area contributed by atoms with E-state index >= 15 is 0 Å². The molecule has 1 N–H and O–H groups in total. The molecule has 1 amide bonds. The Hall–Kier alpha value is -6.50. The number of benzene rings is 4. The van der Waals surface area contributed by atoms with E-state index in [1.54, 1.807) is 120 Å². The second-order valence-corrected chi connectivity index (χ2v) is 28.9. The predicted octanol–water partition coefficient (Wildman–Crippen LogP) is 9.35. The van der Waals surface area contributed by atoms with Crippen molar-refractivity contribution in [2.45, 2.75) is 127 Å². The average Bonchev–Trinajstić information content (AvgIpc) is 4.10. The lowest BCUT2D eigenvalue weighted by Gasteiger charge is -2.51. The Bertz CT molecular complexity index is 2920. The molecule has 394 valence electrons. The van der Waals surface area contributed by atoms with E-state index in [0.29, 0.717) is 5.56 Å². The Morgan fingerprint density at radius 2 is 1.15 bits per heavy atom. The van der Waals surface area contributed by atoms with Crippen LogP contribution in [-0.2, 0) is 41.4 Å². The fraction of sp³-hybridized carbons (Fsp3) is 0.400. The molecule has 9 rings (SSSR count). The molecule has 0 aliphatic carbocycles. The zero-order chi connectivity index (χ0) is 53.0. The van der Waals surface area contributed by atoms with Crippen molar-refractivity contribution in [2.24, 2.45) is 0 Å². The second kappa shape index (κ2) is 22.8. The molecule has 20 heteroatoms. The number of nitrogens with one attached hydrogen (secondary N) is 1. The summed E-state index contributed by atoms with van der Waals surface area (Å²) in [6, 6.07) is 33.8. The number of esters is 3. The molecule has 3 fully saturated rings. The summed E-state index contributed by atoms with van der Waals surface area (Å²) in [7, 11) is -6.48. The van der Waals surface area contributed by atoms with Crippen molar-refractivity contribution in [2.75, 3.05) is 18.5 Å². The number of anilines is 1. The number of aromatic nitrogens is 4. The van der Waals surface area contributed by atoms with Crippen LogP contribution in [0.15, 0.2) is 134 Å². The van der Waals surface area contributed by atoms with Gasteiger partial charge in [0.15, 0.2) is 41.7 Å². The van der Waals surface area contributed by atoms with Gasteiger partial charge in [-0.25, -0.2) is 29.3 Å². The van der Waals surface area contributed by atoms with Crippen LogP contribution in [0.5, 0.6) is 0 Å². The molecule has 0 spiro atoms. The maximum absolute atomic E-state index is 14.3. The summed E-state index contributed by atoms with van der Waals surface area (Å²) in [5.41, 5.74) is 1.50. The van der Waals surface area contributed by atoms with Crippen LogP contribution in [0.1, 0.15) is 103 Å². The van der Waals surface area contributed by atoms with Crippen molar-refractivity contribution < 1.29 is 60.6 Å². The third-order valence-corrected chi connectivity index (χ3v) is 24.2. The zero-order valence-electron chi connectivity index (χ0n) is 43.1. The topological polar surface area (TPSA) is 207 Å². The number of ether oxygens (including phenoxy) is 6. The monoisotopic (exact) mass is 1060 g/mol. The van der Waals surface area contributed by atoms with Gasteiger partial charge in [-0.1, -0.05) is 128 Å². The molecule has 0 saturated carbocycles. The quantitative estimate of drug-likeness (QED) is 0.0544. The highest BCUT2D eigenvalue weighted by molar-refractivity contribution is 6.84. The number of fused-ring (bicyclic) bond motifs is 2. The molecule has 3 saturated heterocycles. The minimum absolute atomic E-state index is 0.0282. The number of hydrogen-bond acceptors (Lipinski definition) is 16. The lowest BCUT2D eigenvalue weighted by Crippen LogP contribution is -2.66. The van der Waals surface area contributed by atoms with Gasteiger partial charge in [0, 0.05) is 5.56 Å². The largest absolute Gasteiger partial charge is 0.459 e. The van der Waals surface area contributed by atoms with E-state index < -0.39 is 96.7 Å². The summed E-state index contributed by atoms with van der Waals surface area (Å²) < 4.78 is 63.6.